The molecule has 0 spiro atoms. The normalized spacial score (nSPS) is 19.9. The molecule has 2 nitrogen and oxygen atoms in total. The molecule has 2 rings (SSSR count). The van der Waals surface area contributed by atoms with Gasteiger partial charge in [0.2, 0.25) is 5.91 Å². The van der Waals surface area contributed by atoms with Crippen molar-refractivity contribution in [2.24, 2.45) is 5.92 Å². The van der Waals surface area contributed by atoms with Gasteiger partial charge in [0.25, 0.3) is 0 Å². The predicted octanol–water partition coefficient (Wildman–Crippen LogP) is 3.47. The lowest BCUT2D eigenvalue weighted by molar-refractivity contribution is -0.117. The molecule has 1 unspecified atom stereocenters. The summed E-state index contributed by atoms with van der Waals surface area (Å²) in [5.41, 5.74) is 2.12. The Labute approximate surface area is 107 Å². The standard InChI is InChI=1S/C14H19NOS/c1-11-4-6-13(7-5-11)15-14(16)9-12-3-2-8-17-10-12/h4-7,12H,2-3,8-10H2,1H3,(H,15,16). The smallest absolute Gasteiger partial charge is 0.224 e. The first-order chi connectivity index (χ1) is 8.24. The van der Waals surface area contributed by atoms with E-state index in [2.05, 4.69) is 5.32 Å². The van der Waals surface area contributed by atoms with Crippen LogP contribution in [0.2, 0.25) is 0 Å². The Kier molecular flexibility index (Phi) is 4.49. The molecular weight excluding hydrogens is 230 g/mol. The van der Waals surface area contributed by atoms with Crippen LogP contribution in [0.15, 0.2) is 24.3 Å². The highest BCUT2D eigenvalue weighted by molar-refractivity contribution is 7.99. The van der Waals surface area contributed by atoms with Gasteiger partial charge >= 0.3 is 0 Å². The lowest BCUT2D eigenvalue weighted by Gasteiger charge is -2.20. The second-order valence-corrected chi connectivity index (χ2v) is 5.85. The average Bonchev–Trinajstić information content (AvgIpc) is 2.33. The van der Waals surface area contributed by atoms with E-state index >= 15 is 0 Å². The molecule has 0 radical (unpaired) electrons. The monoisotopic (exact) mass is 249 g/mol. The van der Waals surface area contributed by atoms with Crippen molar-refractivity contribution in [3.63, 3.8) is 0 Å². The molecule has 1 amide bonds. The maximum Gasteiger partial charge on any atom is 0.224 e. The van der Waals surface area contributed by atoms with Gasteiger partial charge in [-0.05, 0) is 49.3 Å². The van der Waals surface area contributed by atoms with Crippen LogP contribution in [0.25, 0.3) is 0 Å². The number of carbonyl (C=O) groups is 1. The van der Waals surface area contributed by atoms with Gasteiger partial charge in [-0.1, -0.05) is 17.7 Å². The Morgan fingerprint density at radius 3 is 2.82 bits per heavy atom. The van der Waals surface area contributed by atoms with Gasteiger partial charge in [-0.2, -0.15) is 11.8 Å². The maximum atomic E-state index is 11.8. The van der Waals surface area contributed by atoms with Gasteiger partial charge < -0.3 is 5.32 Å². The molecule has 1 N–H and O–H groups in total. The number of anilines is 1. The molecule has 1 atom stereocenters. The highest BCUT2D eigenvalue weighted by atomic mass is 32.2. The van der Waals surface area contributed by atoms with Crippen LogP contribution in [0.5, 0.6) is 0 Å². The van der Waals surface area contributed by atoms with Crippen molar-refractivity contribution in [2.45, 2.75) is 26.2 Å². The first-order valence-corrected chi connectivity index (χ1v) is 7.34. The number of carbonyl (C=O) groups excluding carboxylic acids is 1. The number of benzene rings is 1. The zero-order valence-electron chi connectivity index (χ0n) is 10.2. The largest absolute Gasteiger partial charge is 0.326 e. The fraction of sp³-hybridized carbons (Fsp3) is 0.500. The summed E-state index contributed by atoms with van der Waals surface area (Å²) < 4.78 is 0. The second kappa shape index (κ2) is 6.10. The molecule has 1 aliphatic rings. The molecule has 1 saturated heterocycles. The van der Waals surface area contributed by atoms with Crippen molar-refractivity contribution in [3.8, 4) is 0 Å². The van der Waals surface area contributed by atoms with E-state index in [1.165, 1.54) is 24.2 Å². The Bertz CT molecular complexity index is 368. The van der Waals surface area contributed by atoms with Crippen molar-refractivity contribution in [2.75, 3.05) is 16.8 Å². The molecule has 92 valence electrons. The molecular formula is C14H19NOS. The molecule has 0 bridgehead atoms. The maximum absolute atomic E-state index is 11.8. The molecule has 17 heavy (non-hydrogen) atoms. The van der Waals surface area contributed by atoms with Gasteiger partial charge in [-0.25, -0.2) is 0 Å². The first kappa shape index (κ1) is 12.5. The summed E-state index contributed by atoms with van der Waals surface area (Å²) in [7, 11) is 0. The number of rotatable bonds is 3. The fourth-order valence-corrected chi connectivity index (χ4v) is 3.23. The van der Waals surface area contributed by atoms with Crippen molar-refractivity contribution < 1.29 is 4.79 Å². The zero-order chi connectivity index (χ0) is 12.1. The number of aryl methyl sites for hydroxylation is 1. The molecule has 0 saturated carbocycles. The van der Waals surface area contributed by atoms with E-state index in [4.69, 9.17) is 0 Å². The van der Waals surface area contributed by atoms with Crippen molar-refractivity contribution in [1.29, 1.82) is 0 Å². The van der Waals surface area contributed by atoms with Gasteiger partial charge in [0.1, 0.15) is 0 Å². The lowest BCUT2D eigenvalue weighted by Crippen LogP contribution is -2.20. The third kappa shape index (κ3) is 4.08. The Morgan fingerprint density at radius 2 is 2.18 bits per heavy atom. The van der Waals surface area contributed by atoms with Crippen LogP contribution in [0.3, 0.4) is 0 Å². The third-order valence-corrected chi connectivity index (χ3v) is 4.35. The minimum absolute atomic E-state index is 0.154. The highest BCUT2D eigenvalue weighted by Crippen LogP contribution is 2.25. The van der Waals surface area contributed by atoms with Crippen LogP contribution < -0.4 is 5.32 Å². The van der Waals surface area contributed by atoms with Crippen LogP contribution in [-0.2, 0) is 4.79 Å². The summed E-state index contributed by atoms with van der Waals surface area (Å²) in [4.78, 5) is 11.8. The van der Waals surface area contributed by atoms with Gasteiger partial charge in [0, 0.05) is 12.1 Å². The zero-order valence-corrected chi connectivity index (χ0v) is 11.1. The Morgan fingerprint density at radius 1 is 1.41 bits per heavy atom. The van der Waals surface area contributed by atoms with Crippen LogP contribution in [-0.4, -0.2) is 17.4 Å². The molecule has 1 fully saturated rings. The first-order valence-electron chi connectivity index (χ1n) is 6.18. The second-order valence-electron chi connectivity index (χ2n) is 4.70. The van der Waals surface area contributed by atoms with Crippen LogP contribution in [0.1, 0.15) is 24.8 Å². The molecule has 1 heterocycles. The van der Waals surface area contributed by atoms with Gasteiger partial charge in [-0.3, -0.25) is 4.79 Å². The number of thioether (sulfide) groups is 1. The minimum Gasteiger partial charge on any atom is -0.326 e. The van der Waals surface area contributed by atoms with E-state index in [1.807, 2.05) is 43.0 Å². The topological polar surface area (TPSA) is 29.1 Å². The summed E-state index contributed by atoms with van der Waals surface area (Å²) in [5, 5.41) is 2.97. The van der Waals surface area contributed by atoms with Crippen LogP contribution in [0.4, 0.5) is 5.69 Å². The van der Waals surface area contributed by atoms with Crippen molar-refractivity contribution in [3.05, 3.63) is 29.8 Å². The highest BCUT2D eigenvalue weighted by Gasteiger charge is 2.17. The molecule has 1 aliphatic heterocycles. The summed E-state index contributed by atoms with van der Waals surface area (Å²) in [6, 6.07) is 7.96. The number of amides is 1. The van der Waals surface area contributed by atoms with E-state index in [0.29, 0.717) is 12.3 Å². The van der Waals surface area contributed by atoms with E-state index in [-0.39, 0.29) is 5.91 Å². The molecule has 1 aromatic rings. The minimum atomic E-state index is 0.154. The van der Waals surface area contributed by atoms with E-state index in [1.54, 1.807) is 0 Å². The van der Waals surface area contributed by atoms with Crippen molar-refractivity contribution in [1.82, 2.24) is 0 Å². The van der Waals surface area contributed by atoms with Crippen LogP contribution in [0, 0.1) is 12.8 Å². The molecule has 3 heteroatoms. The summed E-state index contributed by atoms with van der Waals surface area (Å²) in [6.07, 6.45) is 3.13. The number of hydrogen-bond acceptors (Lipinski definition) is 2. The van der Waals surface area contributed by atoms with Crippen LogP contribution >= 0.6 is 11.8 Å². The van der Waals surface area contributed by atoms with E-state index in [0.717, 1.165) is 11.4 Å². The number of nitrogens with one attached hydrogen (secondary N) is 1. The Hall–Kier alpha value is -0.960. The average molecular weight is 249 g/mol. The van der Waals surface area contributed by atoms with E-state index < -0.39 is 0 Å². The van der Waals surface area contributed by atoms with Crippen molar-refractivity contribution >= 4 is 23.4 Å². The van der Waals surface area contributed by atoms with Gasteiger partial charge in [-0.15, -0.1) is 0 Å². The third-order valence-electron chi connectivity index (χ3n) is 3.06. The summed E-state index contributed by atoms with van der Waals surface area (Å²) >= 11 is 1.97. The quantitative estimate of drug-likeness (QED) is 0.888. The van der Waals surface area contributed by atoms with E-state index in [9.17, 15) is 4.79 Å². The molecule has 0 aliphatic carbocycles. The van der Waals surface area contributed by atoms with Gasteiger partial charge in [0.15, 0.2) is 0 Å². The molecule has 0 aromatic heterocycles. The Balaban J connectivity index is 1.82. The summed E-state index contributed by atoms with van der Waals surface area (Å²) in [6.45, 7) is 2.05. The lowest BCUT2D eigenvalue weighted by atomic mass is 10.0. The number of hydrogen-bond donors (Lipinski definition) is 1. The predicted molar refractivity (Wildman–Crippen MR) is 74.5 cm³/mol. The van der Waals surface area contributed by atoms with Gasteiger partial charge in [0.05, 0.1) is 0 Å². The summed E-state index contributed by atoms with van der Waals surface area (Å²) in [5.74, 6) is 3.12. The fourth-order valence-electron chi connectivity index (χ4n) is 2.08. The SMILES string of the molecule is Cc1ccc(NC(=O)CC2CCCSC2)cc1. The molecule has 1 aromatic carbocycles.